The fraction of sp³-hybridized carbons (Fsp3) is 0. The van der Waals surface area contributed by atoms with E-state index in [1.807, 2.05) is 0 Å². The zero-order chi connectivity index (χ0) is 24.5. The number of hydrogen-bond acceptors (Lipinski definition) is 8. The van der Waals surface area contributed by atoms with E-state index in [4.69, 9.17) is 16.6 Å². The molecule has 12 nitrogen and oxygen atoms in total. The number of primary amides is 1. The van der Waals surface area contributed by atoms with Crippen LogP contribution in [0.2, 0.25) is 0 Å². The van der Waals surface area contributed by atoms with Gasteiger partial charge in [0, 0.05) is 34.9 Å². The van der Waals surface area contributed by atoms with Gasteiger partial charge in [0.25, 0.3) is 5.91 Å². The van der Waals surface area contributed by atoms with Crippen molar-refractivity contribution >= 4 is 38.9 Å². The summed E-state index contributed by atoms with van der Waals surface area (Å²) in [7, 11) is -4.19. The number of pyridine rings is 2. The maximum atomic E-state index is 12.7. The van der Waals surface area contributed by atoms with Crippen molar-refractivity contribution in [1.82, 2.24) is 19.6 Å². The Balaban J connectivity index is 1.69. The molecule has 0 radical (unpaired) electrons. The summed E-state index contributed by atoms with van der Waals surface area (Å²) in [6.45, 7) is 0. The molecular weight excluding hydrogens is 460 g/mol. The van der Waals surface area contributed by atoms with Crippen molar-refractivity contribution < 1.29 is 18.0 Å². The Hall–Kier alpha value is -4.80. The number of fused-ring (bicyclic) bond motifs is 1. The third-order valence-corrected chi connectivity index (χ3v) is 5.51. The van der Waals surface area contributed by atoms with Crippen LogP contribution in [0.15, 0.2) is 59.8 Å². The molecule has 13 heteroatoms. The molecule has 1 aromatic carbocycles. The summed E-state index contributed by atoms with van der Waals surface area (Å²) in [5, 5.41) is 15.8. The maximum absolute atomic E-state index is 12.7. The lowest BCUT2D eigenvalue weighted by Gasteiger charge is -2.07. The third-order valence-electron chi connectivity index (χ3n) is 4.57. The third kappa shape index (κ3) is 4.67. The Bertz CT molecular complexity index is 1620. The topological polar surface area (TPSA) is 201 Å². The summed E-state index contributed by atoms with van der Waals surface area (Å²) in [6, 6.07) is 10.4. The summed E-state index contributed by atoms with van der Waals surface area (Å²) in [5.41, 5.74) is 12.4. The van der Waals surface area contributed by atoms with E-state index >= 15 is 0 Å². The van der Waals surface area contributed by atoms with Crippen LogP contribution in [-0.2, 0) is 10.0 Å². The lowest BCUT2D eigenvalue weighted by molar-refractivity contribution is 0.0998. The van der Waals surface area contributed by atoms with E-state index in [1.165, 1.54) is 34.7 Å². The number of rotatable bonds is 4. The molecule has 4 aromatic rings. The maximum Gasteiger partial charge on any atom is 0.274 e. The molecule has 0 bridgehead atoms. The minimum Gasteiger partial charge on any atom is -0.398 e. The van der Waals surface area contributed by atoms with Gasteiger partial charge in [-0.15, -0.1) is 10.2 Å². The molecule has 0 aliphatic heterocycles. The number of carbonyl (C=O) groups excluding carboxylic acids is 2. The highest BCUT2D eigenvalue weighted by Crippen LogP contribution is 2.16. The van der Waals surface area contributed by atoms with Gasteiger partial charge in [-0.3, -0.25) is 14.0 Å². The molecule has 0 aliphatic carbocycles. The van der Waals surface area contributed by atoms with Gasteiger partial charge in [-0.1, -0.05) is 5.92 Å². The second-order valence-corrected chi connectivity index (χ2v) is 8.50. The highest BCUT2D eigenvalue weighted by molar-refractivity contribution is 7.89. The summed E-state index contributed by atoms with van der Waals surface area (Å²) >= 11 is 0. The number of sulfonamides is 1. The van der Waals surface area contributed by atoms with Crippen LogP contribution < -0.4 is 21.9 Å². The number of nitrogens with one attached hydrogen (secondary N) is 1. The van der Waals surface area contributed by atoms with E-state index in [2.05, 4.69) is 32.3 Å². The average molecular weight is 476 g/mol. The first-order valence-electron chi connectivity index (χ1n) is 9.48. The highest BCUT2D eigenvalue weighted by Gasteiger charge is 2.18. The molecule has 3 heterocycles. The average Bonchev–Trinajstić information content (AvgIpc) is 3.19. The smallest absolute Gasteiger partial charge is 0.274 e. The molecule has 0 fully saturated rings. The van der Waals surface area contributed by atoms with E-state index in [1.54, 1.807) is 18.3 Å². The molecule has 0 unspecified atom stereocenters. The van der Waals surface area contributed by atoms with E-state index in [9.17, 15) is 18.0 Å². The predicted molar refractivity (Wildman–Crippen MR) is 122 cm³/mol. The molecule has 0 saturated carbocycles. The number of anilines is 2. The molecule has 0 atom stereocenters. The largest absolute Gasteiger partial charge is 0.398 e. The van der Waals surface area contributed by atoms with Gasteiger partial charge < -0.3 is 16.8 Å². The second kappa shape index (κ2) is 8.62. The predicted octanol–water partition coefficient (Wildman–Crippen LogP) is 0.105. The van der Waals surface area contributed by atoms with Crippen LogP contribution in [0.4, 0.5) is 11.4 Å². The number of benzene rings is 1. The Morgan fingerprint density at radius 2 is 1.76 bits per heavy atom. The molecule has 170 valence electrons. The lowest BCUT2D eigenvalue weighted by atomic mass is 10.2. The second-order valence-electron chi connectivity index (χ2n) is 6.97. The number of nitrogen functional groups attached to an aromatic ring is 1. The molecular formula is C21H16N8O4S. The van der Waals surface area contributed by atoms with Crippen LogP contribution >= 0.6 is 0 Å². The van der Waals surface area contributed by atoms with Crippen LogP contribution in [0.5, 0.6) is 0 Å². The molecule has 34 heavy (non-hydrogen) atoms. The van der Waals surface area contributed by atoms with Crippen molar-refractivity contribution in [1.29, 1.82) is 0 Å². The first kappa shape index (κ1) is 22.4. The summed E-state index contributed by atoms with van der Waals surface area (Å²) in [5.74, 6) is 4.33. The van der Waals surface area contributed by atoms with Gasteiger partial charge in [0.2, 0.25) is 21.8 Å². The SMILES string of the molecule is NC(=O)c1ccc(NC(=O)c2cc(C#Cc3nnc4ccc(N)cn34)c(S(N)(=O)=O)cn2)cc1. The van der Waals surface area contributed by atoms with Crippen molar-refractivity contribution in [3.05, 3.63) is 77.5 Å². The zero-order valence-corrected chi connectivity index (χ0v) is 18.1. The van der Waals surface area contributed by atoms with Crippen LogP contribution in [-0.4, -0.2) is 39.8 Å². The number of aromatic nitrogens is 4. The molecule has 7 N–H and O–H groups in total. The minimum atomic E-state index is -4.19. The Morgan fingerprint density at radius 3 is 2.44 bits per heavy atom. The number of amides is 2. The summed E-state index contributed by atoms with van der Waals surface area (Å²) in [4.78, 5) is 27.4. The van der Waals surface area contributed by atoms with Gasteiger partial charge in [-0.2, -0.15) is 0 Å². The monoisotopic (exact) mass is 476 g/mol. The van der Waals surface area contributed by atoms with E-state index in [0.717, 1.165) is 6.20 Å². The zero-order valence-electron chi connectivity index (χ0n) is 17.3. The quantitative estimate of drug-likeness (QED) is 0.297. The van der Waals surface area contributed by atoms with E-state index < -0.39 is 21.8 Å². The van der Waals surface area contributed by atoms with Gasteiger partial charge >= 0.3 is 0 Å². The molecule has 2 amide bonds. The number of primary sulfonamides is 1. The van der Waals surface area contributed by atoms with Crippen LogP contribution in [0, 0.1) is 11.8 Å². The van der Waals surface area contributed by atoms with Gasteiger partial charge in [0.1, 0.15) is 10.6 Å². The summed E-state index contributed by atoms with van der Waals surface area (Å²) in [6.07, 6.45) is 2.51. The van der Waals surface area contributed by atoms with E-state index in [-0.39, 0.29) is 27.5 Å². The van der Waals surface area contributed by atoms with Crippen molar-refractivity contribution in [2.75, 3.05) is 11.1 Å². The molecule has 3 aromatic heterocycles. The van der Waals surface area contributed by atoms with Gasteiger partial charge in [-0.05, 0) is 48.4 Å². The standard InChI is InChI=1S/C21H16N8O4S/c22-14-4-8-19-28-27-18(29(19)11-14)7-3-13-9-16(25-10-17(13)34(24,32)33)21(31)26-15-5-1-12(2-6-15)20(23)30/h1-2,4-6,8-11H,22H2,(H2,23,30)(H,26,31)(H2,24,32,33). The Kier molecular flexibility index (Phi) is 5.68. The van der Waals surface area contributed by atoms with Crippen LogP contribution in [0.25, 0.3) is 5.65 Å². The van der Waals surface area contributed by atoms with Crippen molar-refractivity contribution in [2.45, 2.75) is 4.90 Å². The molecule has 0 saturated heterocycles. The van der Waals surface area contributed by atoms with Gasteiger partial charge in [0.15, 0.2) is 5.65 Å². The summed E-state index contributed by atoms with van der Waals surface area (Å²) < 4.78 is 25.6. The van der Waals surface area contributed by atoms with Crippen molar-refractivity contribution in [2.24, 2.45) is 10.9 Å². The van der Waals surface area contributed by atoms with Crippen molar-refractivity contribution in [3.8, 4) is 11.8 Å². The fourth-order valence-corrected chi connectivity index (χ4v) is 3.54. The highest BCUT2D eigenvalue weighted by atomic mass is 32.2. The Morgan fingerprint density at radius 1 is 1.03 bits per heavy atom. The van der Waals surface area contributed by atoms with Crippen LogP contribution in [0.3, 0.4) is 0 Å². The lowest BCUT2D eigenvalue weighted by Crippen LogP contribution is -2.18. The number of nitrogens with zero attached hydrogens (tertiary/aromatic N) is 4. The molecule has 0 spiro atoms. The van der Waals surface area contributed by atoms with Crippen molar-refractivity contribution in [3.63, 3.8) is 0 Å². The van der Waals surface area contributed by atoms with E-state index in [0.29, 0.717) is 17.0 Å². The van der Waals surface area contributed by atoms with Crippen LogP contribution in [0.1, 0.15) is 32.2 Å². The number of hydrogen-bond donors (Lipinski definition) is 4. The first-order chi connectivity index (χ1) is 16.1. The fourth-order valence-electron chi connectivity index (χ4n) is 2.92. The Labute approximate surface area is 192 Å². The molecule has 0 aliphatic rings. The first-order valence-corrected chi connectivity index (χ1v) is 11.0. The minimum absolute atomic E-state index is 0.0626. The normalized spacial score (nSPS) is 11.0. The van der Waals surface area contributed by atoms with Gasteiger partial charge in [0.05, 0.1) is 0 Å². The number of nitrogens with two attached hydrogens (primary N) is 3. The van der Waals surface area contributed by atoms with Gasteiger partial charge in [-0.25, -0.2) is 18.5 Å². The number of carbonyl (C=O) groups is 2. The molecule has 4 rings (SSSR count).